The van der Waals surface area contributed by atoms with Gasteiger partial charge in [-0.25, -0.2) is 0 Å². The number of terminal acetylenes is 1. The molecule has 1 saturated carbocycles. The predicted octanol–water partition coefficient (Wildman–Crippen LogP) is 2.33. The molecule has 78 valence electrons. The first kappa shape index (κ1) is 10.3. The monoisotopic (exact) mass is 200 g/mol. The largest absolute Gasteiger partial charge is 0.395 e. The average molecular weight is 200 g/mol. The van der Waals surface area contributed by atoms with Crippen LogP contribution >= 0.6 is 0 Å². The maximum atomic E-state index is 9.60. The van der Waals surface area contributed by atoms with Gasteiger partial charge in [0.05, 0.1) is 6.61 Å². The molecule has 2 rings (SSSR count). The van der Waals surface area contributed by atoms with E-state index >= 15 is 0 Å². The van der Waals surface area contributed by atoms with E-state index in [1.165, 1.54) is 0 Å². The third-order valence-electron chi connectivity index (χ3n) is 3.78. The summed E-state index contributed by atoms with van der Waals surface area (Å²) in [4.78, 5) is 0. The van der Waals surface area contributed by atoms with Gasteiger partial charge in [-0.15, -0.1) is 6.42 Å². The second kappa shape index (κ2) is 3.12. The van der Waals surface area contributed by atoms with Crippen LogP contribution in [0.2, 0.25) is 0 Å². The fourth-order valence-electron chi connectivity index (χ4n) is 2.55. The summed E-state index contributed by atoms with van der Waals surface area (Å²) in [5, 5.41) is 9.60. The van der Waals surface area contributed by atoms with Crippen molar-refractivity contribution in [3.63, 3.8) is 0 Å². The highest BCUT2D eigenvalue weighted by Gasteiger charge is 2.62. The Hall–Kier alpha value is -1.26. The van der Waals surface area contributed by atoms with Crippen molar-refractivity contribution in [2.75, 3.05) is 6.61 Å². The maximum absolute atomic E-state index is 9.60. The minimum absolute atomic E-state index is 0.115. The Kier molecular flexibility index (Phi) is 2.13. The fourth-order valence-corrected chi connectivity index (χ4v) is 2.55. The van der Waals surface area contributed by atoms with E-state index in [1.807, 2.05) is 24.3 Å². The second-order valence-corrected chi connectivity index (χ2v) is 4.99. The quantitative estimate of drug-likeness (QED) is 0.726. The summed E-state index contributed by atoms with van der Waals surface area (Å²) >= 11 is 0. The minimum atomic E-state index is -0.115. The zero-order chi connectivity index (χ0) is 11.1. The molecular weight excluding hydrogens is 184 g/mol. The van der Waals surface area contributed by atoms with Crippen molar-refractivity contribution < 1.29 is 5.11 Å². The molecule has 1 fully saturated rings. The van der Waals surface area contributed by atoms with Gasteiger partial charge in [0.15, 0.2) is 0 Å². The molecule has 1 aromatic carbocycles. The number of aliphatic hydroxyl groups excluding tert-OH is 1. The minimum Gasteiger partial charge on any atom is -0.395 e. The predicted molar refractivity (Wildman–Crippen MR) is 61.5 cm³/mol. The van der Waals surface area contributed by atoms with Gasteiger partial charge in [0, 0.05) is 11.0 Å². The molecule has 1 atom stereocenters. The van der Waals surface area contributed by atoms with Crippen LogP contribution in [0, 0.1) is 17.8 Å². The normalized spacial score (nSPS) is 27.1. The first-order chi connectivity index (χ1) is 7.07. The van der Waals surface area contributed by atoms with Crippen molar-refractivity contribution in [3.8, 4) is 12.3 Å². The molecule has 0 aliphatic heterocycles. The highest BCUT2D eigenvalue weighted by molar-refractivity contribution is 5.49. The van der Waals surface area contributed by atoms with Gasteiger partial charge >= 0.3 is 0 Å². The molecule has 0 heterocycles. The van der Waals surface area contributed by atoms with Crippen LogP contribution in [-0.4, -0.2) is 11.7 Å². The van der Waals surface area contributed by atoms with Gasteiger partial charge in [-0.2, -0.15) is 0 Å². The summed E-state index contributed by atoms with van der Waals surface area (Å²) in [6.07, 6.45) is 6.50. The lowest BCUT2D eigenvalue weighted by Gasteiger charge is -2.19. The van der Waals surface area contributed by atoms with E-state index in [1.54, 1.807) is 0 Å². The number of benzene rings is 1. The number of hydrogen-bond donors (Lipinski definition) is 1. The fraction of sp³-hybridized carbons (Fsp3) is 0.429. The lowest BCUT2D eigenvalue weighted by Crippen LogP contribution is -2.20. The van der Waals surface area contributed by atoms with Crippen LogP contribution in [0.3, 0.4) is 0 Å². The van der Waals surface area contributed by atoms with E-state index in [4.69, 9.17) is 6.42 Å². The van der Waals surface area contributed by atoms with Gasteiger partial charge in [0.1, 0.15) is 0 Å². The third kappa shape index (κ3) is 1.29. The topological polar surface area (TPSA) is 20.2 Å². The molecule has 0 saturated heterocycles. The average Bonchev–Trinajstić information content (AvgIpc) is 2.82. The molecule has 0 bridgehead atoms. The van der Waals surface area contributed by atoms with Gasteiger partial charge in [0.25, 0.3) is 0 Å². The van der Waals surface area contributed by atoms with E-state index in [0.717, 1.165) is 17.5 Å². The lowest BCUT2D eigenvalue weighted by atomic mass is 9.86. The highest BCUT2D eigenvalue weighted by Crippen LogP contribution is 2.64. The van der Waals surface area contributed by atoms with Gasteiger partial charge in [0.2, 0.25) is 0 Å². The van der Waals surface area contributed by atoms with E-state index in [9.17, 15) is 5.11 Å². The molecule has 1 nitrogen and oxygen atoms in total. The molecule has 0 amide bonds. The van der Waals surface area contributed by atoms with Gasteiger partial charge in [-0.05, 0) is 23.5 Å². The Bertz CT molecular complexity index is 425. The summed E-state index contributed by atoms with van der Waals surface area (Å²) in [7, 11) is 0. The van der Waals surface area contributed by atoms with E-state index in [-0.39, 0.29) is 17.4 Å². The van der Waals surface area contributed by atoms with Crippen LogP contribution in [0.1, 0.15) is 31.4 Å². The molecule has 0 radical (unpaired) electrons. The molecule has 1 aliphatic carbocycles. The molecule has 1 aromatic rings. The van der Waals surface area contributed by atoms with Crippen molar-refractivity contribution in [2.24, 2.45) is 5.41 Å². The summed E-state index contributed by atoms with van der Waals surface area (Å²) in [5.41, 5.74) is 2.09. The SMILES string of the molecule is C#Cc1ccccc1C1(CO)CC1(C)C. The van der Waals surface area contributed by atoms with Crippen molar-refractivity contribution in [2.45, 2.75) is 25.7 Å². The standard InChI is InChI=1S/C14H16O/c1-4-11-7-5-6-8-12(11)14(10-15)9-13(14,2)3/h1,5-8,15H,9-10H2,2-3H3. The Balaban J connectivity index is 2.52. The van der Waals surface area contributed by atoms with Crippen molar-refractivity contribution >= 4 is 0 Å². The molecule has 15 heavy (non-hydrogen) atoms. The second-order valence-electron chi connectivity index (χ2n) is 4.99. The van der Waals surface area contributed by atoms with Gasteiger partial charge < -0.3 is 5.11 Å². The molecule has 1 heteroatoms. The van der Waals surface area contributed by atoms with Gasteiger partial charge in [-0.3, -0.25) is 0 Å². The third-order valence-corrected chi connectivity index (χ3v) is 3.78. The summed E-state index contributed by atoms with van der Waals surface area (Å²) in [6, 6.07) is 7.92. The Morgan fingerprint density at radius 1 is 1.40 bits per heavy atom. The zero-order valence-corrected chi connectivity index (χ0v) is 9.25. The van der Waals surface area contributed by atoms with Crippen LogP contribution in [0.5, 0.6) is 0 Å². The highest BCUT2D eigenvalue weighted by atomic mass is 16.3. The van der Waals surface area contributed by atoms with Crippen molar-refractivity contribution in [3.05, 3.63) is 35.4 Å². The molecular formula is C14H16O. The Labute approximate surface area is 91.1 Å². The molecule has 0 spiro atoms. The number of aliphatic hydroxyl groups is 1. The van der Waals surface area contributed by atoms with E-state index < -0.39 is 0 Å². The number of rotatable bonds is 2. The summed E-state index contributed by atoms with van der Waals surface area (Å²) < 4.78 is 0. The first-order valence-corrected chi connectivity index (χ1v) is 5.24. The maximum Gasteiger partial charge on any atom is 0.0533 e. The molecule has 0 aromatic heterocycles. The lowest BCUT2D eigenvalue weighted by molar-refractivity contribution is 0.231. The van der Waals surface area contributed by atoms with E-state index in [2.05, 4.69) is 19.8 Å². The Morgan fingerprint density at radius 3 is 2.47 bits per heavy atom. The molecule has 1 aliphatic rings. The van der Waals surface area contributed by atoms with Crippen LogP contribution in [0.25, 0.3) is 0 Å². The first-order valence-electron chi connectivity index (χ1n) is 5.24. The summed E-state index contributed by atoms with van der Waals surface area (Å²) in [6.45, 7) is 4.53. The van der Waals surface area contributed by atoms with Crippen LogP contribution in [-0.2, 0) is 5.41 Å². The zero-order valence-electron chi connectivity index (χ0n) is 9.25. The summed E-state index contributed by atoms with van der Waals surface area (Å²) in [5.74, 6) is 2.70. The van der Waals surface area contributed by atoms with Crippen LogP contribution < -0.4 is 0 Å². The van der Waals surface area contributed by atoms with Crippen LogP contribution in [0.15, 0.2) is 24.3 Å². The van der Waals surface area contributed by atoms with Crippen molar-refractivity contribution in [1.82, 2.24) is 0 Å². The Morgan fingerprint density at radius 2 is 2.00 bits per heavy atom. The molecule has 1 unspecified atom stereocenters. The number of hydrogen-bond acceptors (Lipinski definition) is 1. The molecule has 1 N–H and O–H groups in total. The van der Waals surface area contributed by atoms with Gasteiger partial charge in [-0.1, -0.05) is 38.0 Å². The van der Waals surface area contributed by atoms with Crippen LogP contribution in [0.4, 0.5) is 0 Å². The van der Waals surface area contributed by atoms with E-state index in [0.29, 0.717) is 0 Å². The van der Waals surface area contributed by atoms with Crippen molar-refractivity contribution in [1.29, 1.82) is 0 Å². The smallest absolute Gasteiger partial charge is 0.0533 e.